The predicted molar refractivity (Wildman–Crippen MR) is 120 cm³/mol. The van der Waals surface area contributed by atoms with Gasteiger partial charge in [-0.15, -0.1) is 0 Å². The van der Waals surface area contributed by atoms with Gasteiger partial charge in [0.2, 0.25) is 5.88 Å². The Bertz CT molecular complexity index is 1140. The summed E-state index contributed by atoms with van der Waals surface area (Å²) >= 11 is 0. The molecule has 2 atom stereocenters. The Balaban J connectivity index is 1.57. The highest BCUT2D eigenvalue weighted by molar-refractivity contribution is 6.00. The quantitative estimate of drug-likeness (QED) is 0.514. The number of halogens is 3. The lowest BCUT2D eigenvalue weighted by Crippen LogP contribution is -2.50. The summed E-state index contributed by atoms with van der Waals surface area (Å²) in [4.78, 5) is 27.9. The minimum Gasteiger partial charge on any atom is -0.475 e. The van der Waals surface area contributed by atoms with E-state index in [1.807, 2.05) is 32.0 Å². The fraction of sp³-hybridized carbons (Fsp3) is 0.360. The first kappa shape index (κ1) is 23.7. The number of likely N-dealkylation sites (tertiary alicyclic amines) is 1. The van der Waals surface area contributed by atoms with Crippen molar-refractivity contribution in [3.05, 3.63) is 71.7 Å². The van der Waals surface area contributed by atoms with Crippen molar-refractivity contribution in [2.75, 3.05) is 13.2 Å². The van der Waals surface area contributed by atoms with E-state index in [-0.39, 0.29) is 30.4 Å². The van der Waals surface area contributed by atoms with Crippen LogP contribution >= 0.6 is 0 Å². The lowest BCUT2D eigenvalue weighted by molar-refractivity contribution is -0.137. The van der Waals surface area contributed by atoms with E-state index >= 15 is 0 Å². The van der Waals surface area contributed by atoms with Crippen molar-refractivity contribution in [1.29, 1.82) is 0 Å². The van der Waals surface area contributed by atoms with E-state index in [2.05, 4.69) is 15.0 Å². The summed E-state index contributed by atoms with van der Waals surface area (Å²) in [6.07, 6.45) is 1.33. The number of nitrogens with zero attached hydrogens (tertiary/aromatic N) is 4. The van der Waals surface area contributed by atoms with Crippen molar-refractivity contribution < 1.29 is 22.7 Å². The number of aromatic nitrogens is 3. The zero-order valence-corrected chi connectivity index (χ0v) is 18.9. The number of benzene rings is 1. The number of piperidine rings is 1. The highest BCUT2D eigenvalue weighted by Crippen LogP contribution is 2.31. The second kappa shape index (κ2) is 9.79. The van der Waals surface area contributed by atoms with E-state index in [4.69, 9.17) is 4.74 Å². The summed E-state index contributed by atoms with van der Waals surface area (Å²) in [5.74, 6) is 0.560. The van der Waals surface area contributed by atoms with Gasteiger partial charge in [-0.3, -0.25) is 4.79 Å². The predicted octanol–water partition coefficient (Wildman–Crippen LogP) is 5.19. The van der Waals surface area contributed by atoms with Gasteiger partial charge in [0, 0.05) is 36.8 Å². The van der Waals surface area contributed by atoms with Crippen LogP contribution in [0.5, 0.6) is 5.88 Å². The molecule has 6 nitrogen and oxygen atoms in total. The van der Waals surface area contributed by atoms with E-state index < -0.39 is 11.7 Å². The summed E-state index contributed by atoms with van der Waals surface area (Å²) in [6.45, 7) is 4.65. The maximum atomic E-state index is 13.7. The SMILES string of the molecule is Cc1ccc(-c2ncccn2)c(C(=O)N2CCC[C@@H](C)[C@H]2COc2ccc(C(F)(F)F)cn2)c1. The lowest BCUT2D eigenvalue weighted by Gasteiger charge is -2.40. The normalized spacial score (nSPS) is 18.6. The Morgan fingerprint density at radius 2 is 1.91 bits per heavy atom. The minimum atomic E-state index is -4.46. The van der Waals surface area contributed by atoms with Gasteiger partial charge in [0.15, 0.2) is 5.82 Å². The molecule has 9 heteroatoms. The summed E-state index contributed by atoms with van der Waals surface area (Å²) < 4.78 is 44.1. The Kier molecular flexibility index (Phi) is 6.81. The summed E-state index contributed by atoms with van der Waals surface area (Å²) in [7, 11) is 0. The van der Waals surface area contributed by atoms with Crippen LogP contribution in [0.25, 0.3) is 11.4 Å². The topological polar surface area (TPSA) is 68.2 Å². The number of carbonyl (C=O) groups excluding carboxylic acids is 1. The van der Waals surface area contributed by atoms with Crippen LogP contribution in [0.3, 0.4) is 0 Å². The Labute approximate surface area is 195 Å². The largest absolute Gasteiger partial charge is 0.475 e. The molecule has 0 radical (unpaired) electrons. The van der Waals surface area contributed by atoms with Crippen molar-refractivity contribution in [3.63, 3.8) is 0 Å². The van der Waals surface area contributed by atoms with E-state index in [1.165, 1.54) is 6.07 Å². The molecule has 0 N–H and O–H groups in total. The first-order chi connectivity index (χ1) is 16.2. The van der Waals surface area contributed by atoms with Crippen molar-refractivity contribution >= 4 is 5.91 Å². The minimum absolute atomic E-state index is 0.0899. The first-order valence-corrected chi connectivity index (χ1v) is 11.1. The second-order valence-corrected chi connectivity index (χ2v) is 8.50. The molecule has 3 heterocycles. The second-order valence-electron chi connectivity index (χ2n) is 8.50. The van der Waals surface area contributed by atoms with Crippen LogP contribution in [-0.2, 0) is 6.18 Å². The lowest BCUT2D eigenvalue weighted by atomic mass is 9.90. The molecule has 1 fully saturated rings. The smallest absolute Gasteiger partial charge is 0.417 e. The number of hydrogen-bond donors (Lipinski definition) is 0. The zero-order chi connectivity index (χ0) is 24.3. The zero-order valence-electron chi connectivity index (χ0n) is 18.9. The third-order valence-corrected chi connectivity index (χ3v) is 6.05. The van der Waals surface area contributed by atoms with E-state index in [0.29, 0.717) is 23.5 Å². The molecule has 3 aromatic rings. The third kappa shape index (κ3) is 5.18. The Morgan fingerprint density at radius 1 is 1.15 bits per heavy atom. The average molecular weight is 470 g/mol. The number of amides is 1. The van der Waals surface area contributed by atoms with Crippen molar-refractivity contribution in [2.24, 2.45) is 5.92 Å². The van der Waals surface area contributed by atoms with Crippen molar-refractivity contribution in [2.45, 2.75) is 38.9 Å². The standard InChI is InChI=1S/C25H25F3N4O2/c1-16-6-8-19(23-29-10-4-11-30-23)20(13-16)24(33)32-12-3-5-17(2)21(32)15-34-22-9-7-18(14-31-22)25(26,27)28/h4,6-11,13-14,17,21H,3,5,12,15H2,1-2H3/t17-,21-/m1/s1. The molecule has 2 aromatic heterocycles. The van der Waals surface area contributed by atoms with E-state index in [1.54, 1.807) is 23.4 Å². The fourth-order valence-corrected chi connectivity index (χ4v) is 4.18. The molecule has 0 spiro atoms. The molecule has 1 saturated heterocycles. The van der Waals surface area contributed by atoms with Gasteiger partial charge in [-0.05, 0) is 43.9 Å². The molecule has 0 aliphatic carbocycles. The summed E-state index contributed by atoms with van der Waals surface area (Å²) in [5, 5.41) is 0. The van der Waals surface area contributed by atoms with Gasteiger partial charge in [-0.25, -0.2) is 15.0 Å². The third-order valence-electron chi connectivity index (χ3n) is 6.05. The fourth-order valence-electron chi connectivity index (χ4n) is 4.18. The molecular weight excluding hydrogens is 445 g/mol. The van der Waals surface area contributed by atoms with E-state index in [9.17, 15) is 18.0 Å². The summed E-state index contributed by atoms with van der Waals surface area (Å²) in [5.41, 5.74) is 1.27. The molecular formula is C25H25F3N4O2. The number of aryl methyl sites for hydroxylation is 1. The number of hydrogen-bond acceptors (Lipinski definition) is 5. The van der Waals surface area contributed by atoms with Gasteiger partial charge < -0.3 is 9.64 Å². The van der Waals surface area contributed by atoms with Crippen LogP contribution in [0.15, 0.2) is 55.0 Å². The number of ether oxygens (including phenoxy) is 1. The Morgan fingerprint density at radius 3 is 2.59 bits per heavy atom. The van der Waals surface area contributed by atoms with Crippen LogP contribution in [0.4, 0.5) is 13.2 Å². The van der Waals surface area contributed by atoms with Crippen LogP contribution in [0.1, 0.15) is 41.3 Å². The van der Waals surface area contributed by atoms with Gasteiger partial charge in [-0.1, -0.05) is 24.6 Å². The first-order valence-electron chi connectivity index (χ1n) is 11.1. The van der Waals surface area contributed by atoms with Crippen molar-refractivity contribution in [1.82, 2.24) is 19.9 Å². The van der Waals surface area contributed by atoms with Gasteiger partial charge in [0.05, 0.1) is 17.2 Å². The molecule has 4 rings (SSSR count). The molecule has 0 unspecified atom stereocenters. The molecule has 178 valence electrons. The molecule has 34 heavy (non-hydrogen) atoms. The molecule has 1 aromatic carbocycles. The highest BCUT2D eigenvalue weighted by atomic mass is 19.4. The maximum absolute atomic E-state index is 13.7. The van der Waals surface area contributed by atoms with Gasteiger partial charge in [0.1, 0.15) is 6.61 Å². The van der Waals surface area contributed by atoms with Crippen LogP contribution < -0.4 is 4.74 Å². The molecule has 1 amide bonds. The van der Waals surface area contributed by atoms with Gasteiger partial charge in [0.25, 0.3) is 5.91 Å². The van der Waals surface area contributed by atoms with Crippen molar-refractivity contribution in [3.8, 4) is 17.3 Å². The van der Waals surface area contributed by atoms with Crippen LogP contribution in [-0.4, -0.2) is 45.0 Å². The maximum Gasteiger partial charge on any atom is 0.417 e. The Hall–Kier alpha value is -3.49. The molecule has 0 saturated carbocycles. The average Bonchev–Trinajstić information content (AvgIpc) is 2.83. The van der Waals surface area contributed by atoms with E-state index in [0.717, 1.165) is 30.7 Å². The molecule has 1 aliphatic rings. The number of alkyl halides is 3. The highest BCUT2D eigenvalue weighted by Gasteiger charge is 2.35. The molecule has 0 bridgehead atoms. The number of rotatable bonds is 5. The summed E-state index contributed by atoms with van der Waals surface area (Å²) in [6, 6.07) is 9.20. The van der Waals surface area contributed by atoms with Gasteiger partial charge >= 0.3 is 6.18 Å². The van der Waals surface area contributed by atoms with Gasteiger partial charge in [-0.2, -0.15) is 13.2 Å². The number of pyridine rings is 1. The van der Waals surface area contributed by atoms with Crippen LogP contribution in [0, 0.1) is 12.8 Å². The monoisotopic (exact) mass is 470 g/mol. The molecule has 1 aliphatic heterocycles. The van der Waals surface area contributed by atoms with Crippen LogP contribution in [0.2, 0.25) is 0 Å². The number of carbonyl (C=O) groups is 1.